The summed E-state index contributed by atoms with van der Waals surface area (Å²) in [6, 6.07) is 17.3. The molecule has 0 saturated heterocycles. The Labute approximate surface area is 193 Å². The van der Waals surface area contributed by atoms with Gasteiger partial charge in [-0.3, -0.25) is 9.80 Å². The Morgan fingerprint density at radius 2 is 1.97 bits per heavy atom. The van der Waals surface area contributed by atoms with Gasteiger partial charge in [0.05, 0.1) is 17.6 Å². The number of carbonyl (C=O) groups is 1. The van der Waals surface area contributed by atoms with Crippen molar-refractivity contribution in [3.05, 3.63) is 87.3 Å². The van der Waals surface area contributed by atoms with Gasteiger partial charge in [0.15, 0.2) is 5.78 Å². The predicted molar refractivity (Wildman–Crippen MR) is 123 cm³/mol. The normalized spacial score (nSPS) is 18.7. The number of ketones is 1. The third-order valence-electron chi connectivity index (χ3n) is 5.79. The van der Waals surface area contributed by atoms with Gasteiger partial charge in [-0.15, -0.1) is 0 Å². The second-order valence-electron chi connectivity index (χ2n) is 8.13. The molecule has 2 aromatic rings. The molecular weight excluding hydrogens is 424 g/mol. The van der Waals surface area contributed by atoms with Crippen molar-refractivity contribution < 1.29 is 9.53 Å². The Morgan fingerprint density at radius 1 is 1.22 bits per heavy atom. The third-order valence-corrected chi connectivity index (χ3v) is 6.03. The molecule has 7 heteroatoms. The Morgan fingerprint density at radius 3 is 2.62 bits per heavy atom. The highest BCUT2D eigenvalue weighted by molar-refractivity contribution is 6.30. The number of hydrazine groups is 1. The Bertz CT molecular complexity index is 1150. The third kappa shape index (κ3) is 4.10. The molecule has 1 atom stereocenters. The minimum absolute atomic E-state index is 0.0737. The van der Waals surface area contributed by atoms with E-state index in [0.717, 1.165) is 29.7 Å². The zero-order valence-corrected chi connectivity index (χ0v) is 18.9. The summed E-state index contributed by atoms with van der Waals surface area (Å²) in [5.74, 6) is 0.668. The fraction of sp³-hybridized carbons (Fsp3) is 0.280. The number of rotatable bonds is 5. The number of ether oxygens (including phenoxy) is 1. The van der Waals surface area contributed by atoms with Crippen LogP contribution in [0.4, 0.5) is 0 Å². The highest BCUT2D eigenvalue weighted by Gasteiger charge is 2.40. The molecular formula is C25H25ClN4O2. The molecule has 1 unspecified atom stereocenters. The quantitative estimate of drug-likeness (QED) is 0.725. The zero-order valence-electron chi connectivity index (χ0n) is 18.1. The van der Waals surface area contributed by atoms with Gasteiger partial charge in [0.25, 0.3) is 0 Å². The van der Waals surface area contributed by atoms with E-state index in [4.69, 9.17) is 22.1 Å². The van der Waals surface area contributed by atoms with Gasteiger partial charge in [-0.1, -0.05) is 35.9 Å². The predicted octanol–water partition coefficient (Wildman–Crippen LogP) is 4.50. The lowest BCUT2D eigenvalue weighted by Crippen LogP contribution is -2.45. The molecule has 0 bridgehead atoms. The number of carbonyl (C=O) groups excluding carboxylic acids is 1. The first-order chi connectivity index (χ1) is 15.4. The van der Waals surface area contributed by atoms with Gasteiger partial charge >= 0.3 is 0 Å². The highest BCUT2D eigenvalue weighted by atomic mass is 35.5. The van der Waals surface area contributed by atoms with Crippen LogP contribution in [0.15, 0.2) is 71.2 Å². The van der Waals surface area contributed by atoms with Crippen molar-refractivity contribution >= 4 is 17.4 Å². The number of allylic oxidation sites excluding steroid dienone is 3. The van der Waals surface area contributed by atoms with Gasteiger partial charge < -0.3 is 10.5 Å². The average Bonchev–Trinajstić information content (AvgIpc) is 2.77. The second-order valence-corrected chi connectivity index (χ2v) is 8.56. The average molecular weight is 449 g/mol. The first kappa shape index (κ1) is 21.9. The van der Waals surface area contributed by atoms with E-state index in [-0.39, 0.29) is 5.78 Å². The maximum Gasteiger partial charge on any atom is 0.161 e. The molecule has 4 rings (SSSR count). The standard InChI is InChI=1S/C25H25ClN4O2/c1-29(2)30-21-7-4-8-22(31)24(21)23(20(14-27)25(30)28)17-9-11-19(12-10-17)32-15-16-5-3-6-18(26)13-16/h3,5-6,9-13,23H,4,7-8,15,28H2,1-2H3. The molecule has 6 nitrogen and oxygen atoms in total. The fourth-order valence-electron chi connectivity index (χ4n) is 4.41. The van der Waals surface area contributed by atoms with Crippen molar-refractivity contribution in [2.45, 2.75) is 31.8 Å². The van der Waals surface area contributed by atoms with Gasteiger partial charge in [-0.05, 0) is 48.2 Å². The van der Waals surface area contributed by atoms with Crippen LogP contribution in [-0.4, -0.2) is 29.9 Å². The SMILES string of the molecule is CN(C)N1C(N)=C(C#N)C(c2ccc(OCc3cccc(Cl)c3)cc2)C2=C1CCCC2=O. The van der Waals surface area contributed by atoms with E-state index in [1.165, 1.54) is 0 Å². The second kappa shape index (κ2) is 9.07. The molecule has 2 N–H and O–H groups in total. The largest absolute Gasteiger partial charge is 0.489 e. The Balaban J connectivity index is 1.66. The van der Waals surface area contributed by atoms with Gasteiger partial charge in [0.2, 0.25) is 0 Å². The van der Waals surface area contributed by atoms with Crippen LogP contribution in [0.2, 0.25) is 5.02 Å². The van der Waals surface area contributed by atoms with E-state index < -0.39 is 5.92 Å². The topological polar surface area (TPSA) is 82.6 Å². The molecule has 32 heavy (non-hydrogen) atoms. The minimum atomic E-state index is -0.471. The molecule has 2 aliphatic rings. The number of benzene rings is 2. The number of hydrogen-bond donors (Lipinski definition) is 1. The van der Waals surface area contributed by atoms with E-state index >= 15 is 0 Å². The fourth-order valence-corrected chi connectivity index (χ4v) is 4.62. The molecule has 2 aromatic carbocycles. The summed E-state index contributed by atoms with van der Waals surface area (Å²) in [7, 11) is 3.72. The Kier molecular flexibility index (Phi) is 6.22. The van der Waals surface area contributed by atoms with E-state index in [1.54, 1.807) is 5.01 Å². The van der Waals surface area contributed by atoms with Crippen LogP contribution >= 0.6 is 11.6 Å². The number of halogens is 1. The lowest BCUT2D eigenvalue weighted by molar-refractivity contribution is -0.116. The van der Waals surface area contributed by atoms with E-state index in [1.807, 2.05) is 67.6 Å². The number of nitrogens with two attached hydrogens (primary N) is 1. The van der Waals surface area contributed by atoms with Crippen molar-refractivity contribution in [3.63, 3.8) is 0 Å². The molecule has 0 fully saturated rings. The van der Waals surface area contributed by atoms with Crippen LogP contribution in [0, 0.1) is 11.3 Å². The summed E-state index contributed by atoms with van der Waals surface area (Å²) in [6.45, 7) is 0.394. The van der Waals surface area contributed by atoms with Gasteiger partial charge in [0, 0.05) is 36.8 Å². The minimum Gasteiger partial charge on any atom is -0.489 e. The molecule has 1 heterocycles. The van der Waals surface area contributed by atoms with Crippen molar-refractivity contribution in [2.24, 2.45) is 5.73 Å². The maximum atomic E-state index is 13.0. The summed E-state index contributed by atoms with van der Waals surface area (Å²) in [5, 5.41) is 14.2. The number of nitrogens with zero attached hydrogens (tertiary/aromatic N) is 3. The molecule has 0 amide bonds. The number of Topliss-reactive ketones (excluding diaryl/α,β-unsaturated/α-hetero) is 1. The zero-order chi connectivity index (χ0) is 22.8. The summed E-state index contributed by atoms with van der Waals surface area (Å²) in [5.41, 5.74) is 10.2. The van der Waals surface area contributed by atoms with Crippen molar-refractivity contribution in [1.29, 1.82) is 5.26 Å². The summed E-state index contributed by atoms with van der Waals surface area (Å²) >= 11 is 6.04. The molecule has 0 spiro atoms. The first-order valence-electron chi connectivity index (χ1n) is 10.5. The lowest BCUT2D eigenvalue weighted by Gasteiger charge is -2.42. The number of hydrogen-bond acceptors (Lipinski definition) is 6. The van der Waals surface area contributed by atoms with Crippen LogP contribution in [0.25, 0.3) is 0 Å². The lowest BCUT2D eigenvalue weighted by atomic mass is 9.76. The van der Waals surface area contributed by atoms with Crippen molar-refractivity contribution in [1.82, 2.24) is 10.0 Å². The van der Waals surface area contributed by atoms with Crippen LogP contribution < -0.4 is 10.5 Å². The van der Waals surface area contributed by atoms with Crippen molar-refractivity contribution in [2.75, 3.05) is 14.1 Å². The van der Waals surface area contributed by atoms with Crippen LogP contribution in [-0.2, 0) is 11.4 Å². The Hall–Kier alpha value is -3.27. The van der Waals surface area contributed by atoms with Crippen molar-refractivity contribution in [3.8, 4) is 11.8 Å². The van der Waals surface area contributed by atoms with Crippen LogP contribution in [0.1, 0.15) is 36.3 Å². The van der Waals surface area contributed by atoms with Gasteiger partial charge in [-0.25, -0.2) is 5.01 Å². The first-order valence-corrected chi connectivity index (χ1v) is 10.9. The molecule has 0 aromatic heterocycles. The summed E-state index contributed by atoms with van der Waals surface area (Å²) < 4.78 is 5.89. The van der Waals surface area contributed by atoms with E-state index in [2.05, 4.69) is 6.07 Å². The summed E-state index contributed by atoms with van der Waals surface area (Å²) in [6.07, 6.45) is 2.01. The number of nitriles is 1. The molecule has 164 valence electrons. The molecule has 0 saturated carbocycles. The van der Waals surface area contributed by atoms with Gasteiger partial charge in [0.1, 0.15) is 18.2 Å². The van der Waals surface area contributed by atoms with Crippen LogP contribution in [0.5, 0.6) is 5.75 Å². The molecule has 1 aliphatic carbocycles. The molecule has 0 radical (unpaired) electrons. The van der Waals surface area contributed by atoms with E-state index in [9.17, 15) is 10.1 Å². The molecule has 1 aliphatic heterocycles. The van der Waals surface area contributed by atoms with Crippen LogP contribution in [0.3, 0.4) is 0 Å². The summed E-state index contributed by atoms with van der Waals surface area (Å²) in [4.78, 5) is 13.0. The smallest absolute Gasteiger partial charge is 0.161 e. The van der Waals surface area contributed by atoms with E-state index in [0.29, 0.717) is 40.8 Å². The monoisotopic (exact) mass is 448 g/mol. The van der Waals surface area contributed by atoms with Gasteiger partial charge in [-0.2, -0.15) is 5.26 Å². The highest BCUT2D eigenvalue weighted by Crippen LogP contribution is 2.45. The maximum absolute atomic E-state index is 13.0.